The maximum atomic E-state index is 12.9. The summed E-state index contributed by atoms with van der Waals surface area (Å²) in [6.45, 7) is 1.17. The summed E-state index contributed by atoms with van der Waals surface area (Å²) in [5, 5.41) is 0. The molecular weight excluding hydrogens is 313 g/mol. The van der Waals surface area contributed by atoms with Gasteiger partial charge in [0.2, 0.25) is 5.88 Å². The van der Waals surface area contributed by atoms with Gasteiger partial charge in [-0.15, -0.1) is 0 Å². The molecule has 0 atom stereocenters. The molecule has 0 unspecified atom stereocenters. The van der Waals surface area contributed by atoms with E-state index >= 15 is 0 Å². The molecule has 0 saturated carbocycles. The number of aromatic nitrogens is 2. The lowest BCUT2D eigenvalue weighted by atomic mass is 10.1. The molecule has 1 fully saturated rings. The van der Waals surface area contributed by atoms with Crippen LogP contribution >= 0.6 is 0 Å². The van der Waals surface area contributed by atoms with Gasteiger partial charge in [-0.25, -0.2) is 9.37 Å². The molecule has 1 aromatic carbocycles. The zero-order chi connectivity index (χ0) is 16.9. The Morgan fingerprint density at radius 3 is 2.58 bits per heavy atom. The van der Waals surface area contributed by atoms with Crippen molar-refractivity contribution in [1.29, 1.82) is 0 Å². The predicted molar refractivity (Wildman–Crippen MR) is 84.5 cm³/mol. The Kier molecular flexibility index (Phi) is 4.88. The number of carbonyl (C=O) groups excluding carboxylic acids is 1. The molecular formula is C17H18FN3O3. The molecule has 0 bridgehead atoms. The van der Waals surface area contributed by atoms with E-state index in [2.05, 4.69) is 9.97 Å². The van der Waals surface area contributed by atoms with Gasteiger partial charge in [0, 0.05) is 43.8 Å². The lowest BCUT2D eigenvalue weighted by Crippen LogP contribution is -2.41. The molecule has 3 rings (SSSR count). The van der Waals surface area contributed by atoms with Crippen molar-refractivity contribution in [3.05, 3.63) is 47.9 Å². The van der Waals surface area contributed by atoms with Crippen molar-refractivity contribution < 1.29 is 18.7 Å². The Balaban J connectivity index is 1.55. The third kappa shape index (κ3) is 3.79. The molecule has 0 N–H and O–H groups in total. The number of hydrogen-bond donors (Lipinski definition) is 0. The molecule has 0 radical (unpaired) electrons. The first-order valence-electron chi connectivity index (χ1n) is 7.74. The first-order valence-corrected chi connectivity index (χ1v) is 7.74. The Morgan fingerprint density at radius 2 is 1.92 bits per heavy atom. The number of likely N-dealkylation sites (tertiary alicyclic amines) is 1. The normalized spacial score (nSPS) is 15.2. The van der Waals surface area contributed by atoms with Gasteiger partial charge in [-0.05, 0) is 24.3 Å². The summed E-state index contributed by atoms with van der Waals surface area (Å²) in [6, 6.07) is 7.55. The summed E-state index contributed by atoms with van der Waals surface area (Å²) in [6.07, 6.45) is 2.98. The van der Waals surface area contributed by atoms with E-state index < -0.39 is 0 Å². The van der Waals surface area contributed by atoms with Crippen LogP contribution in [-0.2, 0) is 0 Å². The van der Waals surface area contributed by atoms with E-state index in [1.54, 1.807) is 17.2 Å². The first-order chi connectivity index (χ1) is 11.7. The fourth-order valence-corrected chi connectivity index (χ4v) is 2.61. The molecule has 2 heterocycles. The van der Waals surface area contributed by atoms with Gasteiger partial charge < -0.3 is 14.4 Å². The van der Waals surface area contributed by atoms with Gasteiger partial charge in [-0.1, -0.05) is 0 Å². The van der Waals surface area contributed by atoms with Gasteiger partial charge in [0.05, 0.1) is 7.11 Å². The van der Waals surface area contributed by atoms with Gasteiger partial charge >= 0.3 is 6.01 Å². The van der Waals surface area contributed by atoms with Crippen LogP contribution in [0, 0.1) is 5.82 Å². The topological polar surface area (TPSA) is 64.6 Å². The SMILES string of the molecule is COc1nccc(OC2CCN(C(=O)c3ccc(F)cc3)CC2)n1. The minimum Gasteiger partial charge on any atom is -0.474 e. The number of amides is 1. The lowest BCUT2D eigenvalue weighted by Gasteiger charge is -2.32. The number of benzene rings is 1. The molecule has 0 aliphatic carbocycles. The van der Waals surface area contributed by atoms with Crippen molar-refractivity contribution in [1.82, 2.24) is 14.9 Å². The smallest absolute Gasteiger partial charge is 0.319 e. The van der Waals surface area contributed by atoms with E-state index in [1.807, 2.05) is 0 Å². The molecule has 1 saturated heterocycles. The number of hydrogen-bond acceptors (Lipinski definition) is 5. The number of carbonyl (C=O) groups is 1. The van der Waals surface area contributed by atoms with E-state index in [0.717, 1.165) is 0 Å². The van der Waals surface area contributed by atoms with Crippen LogP contribution in [0.5, 0.6) is 11.9 Å². The Labute approximate surface area is 139 Å². The van der Waals surface area contributed by atoms with Crippen LogP contribution in [0.15, 0.2) is 36.5 Å². The maximum Gasteiger partial charge on any atom is 0.319 e. The van der Waals surface area contributed by atoms with Crippen LogP contribution < -0.4 is 9.47 Å². The van der Waals surface area contributed by atoms with Crippen LogP contribution in [0.4, 0.5) is 4.39 Å². The first kappa shape index (κ1) is 16.2. The zero-order valence-corrected chi connectivity index (χ0v) is 13.3. The number of nitrogens with zero attached hydrogens (tertiary/aromatic N) is 3. The monoisotopic (exact) mass is 331 g/mol. The van der Waals surface area contributed by atoms with Crippen molar-refractivity contribution in [2.24, 2.45) is 0 Å². The van der Waals surface area contributed by atoms with Crippen molar-refractivity contribution in [2.75, 3.05) is 20.2 Å². The summed E-state index contributed by atoms with van der Waals surface area (Å²) >= 11 is 0. The highest BCUT2D eigenvalue weighted by Crippen LogP contribution is 2.19. The van der Waals surface area contributed by atoms with Gasteiger partial charge in [-0.3, -0.25) is 4.79 Å². The Morgan fingerprint density at radius 1 is 1.21 bits per heavy atom. The van der Waals surface area contributed by atoms with Gasteiger partial charge in [0.15, 0.2) is 0 Å². The molecule has 1 aromatic heterocycles. The number of ether oxygens (including phenoxy) is 2. The van der Waals surface area contributed by atoms with E-state index in [1.165, 1.54) is 31.4 Å². The zero-order valence-electron chi connectivity index (χ0n) is 13.3. The molecule has 0 spiro atoms. The molecule has 7 heteroatoms. The van der Waals surface area contributed by atoms with Crippen LogP contribution in [0.1, 0.15) is 23.2 Å². The van der Waals surface area contributed by atoms with E-state index in [0.29, 0.717) is 37.4 Å². The molecule has 6 nitrogen and oxygen atoms in total. The number of rotatable bonds is 4. The highest BCUT2D eigenvalue weighted by Gasteiger charge is 2.25. The Hall–Kier alpha value is -2.70. The maximum absolute atomic E-state index is 12.9. The highest BCUT2D eigenvalue weighted by atomic mass is 19.1. The standard InChI is InChI=1S/C17H18FN3O3/c1-23-17-19-9-6-15(20-17)24-14-7-10-21(11-8-14)16(22)12-2-4-13(18)5-3-12/h2-6,9,14H,7-8,10-11H2,1H3. The van der Waals surface area contributed by atoms with Crippen molar-refractivity contribution in [3.8, 4) is 11.9 Å². The van der Waals surface area contributed by atoms with Gasteiger partial charge in [0.25, 0.3) is 5.91 Å². The number of piperidine rings is 1. The van der Waals surface area contributed by atoms with Crippen LogP contribution in [0.3, 0.4) is 0 Å². The van der Waals surface area contributed by atoms with Crippen LogP contribution in [-0.4, -0.2) is 47.1 Å². The largest absolute Gasteiger partial charge is 0.474 e. The molecule has 126 valence electrons. The van der Waals surface area contributed by atoms with E-state index in [9.17, 15) is 9.18 Å². The molecule has 1 aliphatic rings. The van der Waals surface area contributed by atoms with Gasteiger partial charge in [-0.2, -0.15) is 4.98 Å². The third-order valence-electron chi connectivity index (χ3n) is 3.90. The summed E-state index contributed by atoms with van der Waals surface area (Å²) < 4.78 is 23.7. The summed E-state index contributed by atoms with van der Waals surface area (Å²) in [7, 11) is 1.50. The summed E-state index contributed by atoms with van der Waals surface area (Å²) in [4.78, 5) is 22.2. The Bertz CT molecular complexity index is 700. The minimum absolute atomic E-state index is 0.0122. The molecule has 1 amide bonds. The second kappa shape index (κ2) is 7.25. The van der Waals surface area contributed by atoms with Crippen molar-refractivity contribution in [3.63, 3.8) is 0 Å². The average molecular weight is 331 g/mol. The average Bonchev–Trinajstić information content (AvgIpc) is 2.62. The number of halogens is 1. The molecule has 24 heavy (non-hydrogen) atoms. The van der Waals surface area contributed by atoms with Gasteiger partial charge in [0.1, 0.15) is 11.9 Å². The van der Waals surface area contributed by atoms with Crippen molar-refractivity contribution in [2.45, 2.75) is 18.9 Å². The second-order valence-corrected chi connectivity index (χ2v) is 5.50. The van der Waals surface area contributed by atoms with Crippen LogP contribution in [0.25, 0.3) is 0 Å². The third-order valence-corrected chi connectivity index (χ3v) is 3.90. The van der Waals surface area contributed by atoms with E-state index in [-0.39, 0.29) is 23.8 Å². The minimum atomic E-state index is -0.348. The van der Waals surface area contributed by atoms with Crippen molar-refractivity contribution >= 4 is 5.91 Å². The quantitative estimate of drug-likeness (QED) is 0.860. The van der Waals surface area contributed by atoms with E-state index in [4.69, 9.17) is 9.47 Å². The predicted octanol–water partition coefficient (Wildman–Crippen LogP) is 2.31. The molecule has 1 aliphatic heterocycles. The second-order valence-electron chi connectivity index (χ2n) is 5.50. The van der Waals surface area contributed by atoms with Crippen LogP contribution in [0.2, 0.25) is 0 Å². The summed E-state index contributed by atoms with van der Waals surface area (Å²) in [5.41, 5.74) is 0.497. The molecule has 2 aromatic rings. The fraction of sp³-hybridized carbons (Fsp3) is 0.353. The fourth-order valence-electron chi connectivity index (χ4n) is 2.61. The lowest BCUT2D eigenvalue weighted by molar-refractivity contribution is 0.0586. The highest BCUT2D eigenvalue weighted by molar-refractivity contribution is 5.94. The summed E-state index contributed by atoms with van der Waals surface area (Å²) in [5.74, 6) is 0.0289. The number of methoxy groups -OCH3 is 1.